The van der Waals surface area contributed by atoms with Crippen LogP contribution in [0, 0.1) is 10.1 Å². The Hall–Kier alpha value is -2.43. The molecule has 0 spiro atoms. The van der Waals surface area contributed by atoms with Gasteiger partial charge >= 0.3 is 0 Å². The molecule has 1 aliphatic carbocycles. The summed E-state index contributed by atoms with van der Waals surface area (Å²) < 4.78 is 0. The maximum absolute atomic E-state index is 12.4. The van der Waals surface area contributed by atoms with Crippen LogP contribution < -0.4 is 27.1 Å². The van der Waals surface area contributed by atoms with Crippen LogP contribution in [0.15, 0.2) is 4.99 Å². The van der Waals surface area contributed by atoms with E-state index in [0.29, 0.717) is 44.8 Å². The molecular formula is C18H33N7O4. The quantitative estimate of drug-likeness (QED) is 0.110. The molecule has 0 aromatic carbocycles. The molecule has 6 N–H and O–H groups in total. The van der Waals surface area contributed by atoms with Gasteiger partial charge < -0.3 is 21.7 Å². The Morgan fingerprint density at radius 1 is 1.10 bits per heavy atom. The Balaban J connectivity index is 1.54. The highest BCUT2D eigenvalue weighted by Crippen LogP contribution is 2.18. The minimum Gasteiger partial charge on any atom is -0.365 e. The van der Waals surface area contributed by atoms with Gasteiger partial charge in [-0.25, -0.2) is 15.1 Å². The maximum atomic E-state index is 12.4. The molecule has 1 saturated carbocycles. The third kappa shape index (κ3) is 9.07. The summed E-state index contributed by atoms with van der Waals surface area (Å²) >= 11 is 0. The lowest BCUT2D eigenvalue weighted by Gasteiger charge is -2.24. The Labute approximate surface area is 170 Å². The first-order valence-electron chi connectivity index (χ1n) is 10.5. The summed E-state index contributed by atoms with van der Waals surface area (Å²) in [5.74, 6) is -0.202. The zero-order chi connectivity index (χ0) is 21.1. The van der Waals surface area contributed by atoms with Gasteiger partial charge in [-0.05, 0) is 32.1 Å². The van der Waals surface area contributed by atoms with Crippen LogP contribution >= 0.6 is 0 Å². The van der Waals surface area contributed by atoms with Crippen molar-refractivity contribution in [3.8, 4) is 0 Å². The van der Waals surface area contributed by atoms with E-state index in [-0.39, 0.29) is 29.9 Å². The van der Waals surface area contributed by atoms with Crippen molar-refractivity contribution in [3.05, 3.63) is 10.1 Å². The number of carbonyl (C=O) groups excluding carboxylic acids is 2. The van der Waals surface area contributed by atoms with Gasteiger partial charge in [0, 0.05) is 31.6 Å². The average molecular weight is 412 g/mol. The molecule has 29 heavy (non-hydrogen) atoms. The molecule has 0 bridgehead atoms. The van der Waals surface area contributed by atoms with Crippen molar-refractivity contribution >= 4 is 17.8 Å². The lowest BCUT2D eigenvalue weighted by molar-refractivity contribution is -0.525. The van der Waals surface area contributed by atoms with E-state index in [0.717, 1.165) is 19.3 Å². The fourth-order valence-corrected chi connectivity index (χ4v) is 3.80. The average Bonchev–Trinajstić information content (AvgIpc) is 3.13. The number of hydrazine groups is 1. The van der Waals surface area contributed by atoms with E-state index in [4.69, 9.17) is 5.73 Å². The van der Waals surface area contributed by atoms with Gasteiger partial charge in [0.15, 0.2) is 5.03 Å². The number of carbonyl (C=O) groups is 2. The summed E-state index contributed by atoms with van der Waals surface area (Å²) in [5, 5.41) is 18.7. The lowest BCUT2D eigenvalue weighted by atomic mass is 9.95. The van der Waals surface area contributed by atoms with Gasteiger partial charge in [-0.15, -0.1) is 0 Å². The van der Waals surface area contributed by atoms with Gasteiger partial charge in [0.25, 0.3) is 5.96 Å². The van der Waals surface area contributed by atoms with Crippen molar-refractivity contribution in [3.63, 3.8) is 0 Å². The number of hydrogen-bond donors (Lipinski definition) is 5. The van der Waals surface area contributed by atoms with E-state index in [1.807, 2.05) is 0 Å². The van der Waals surface area contributed by atoms with Crippen LogP contribution in [0.25, 0.3) is 0 Å². The van der Waals surface area contributed by atoms with Crippen molar-refractivity contribution in [2.45, 2.75) is 82.3 Å². The lowest BCUT2D eigenvalue weighted by Crippen LogP contribution is -2.45. The summed E-state index contributed by atoms with van der Waals surface area (Å²) in [6, 6.07) is 0.0298. The van der Waals surface area contributed by atoms with Gasteiger partial charge in [-0.2, -0.15) is 0 Å². The first kappa shape index (κ1) is 22.9. The smallest absolute Gasteiger partial charge is 0.251 e. The largest absolute Gasteiger partial charge is 0.365 e. The molecule has 11 heteroatoms. The zero-order valence-corrected chi connectivity index (χ0v) is 16.8. The highest BCUT2D eigenvalue weighted by atomic mass is 16.7. The van der Waals surface area contributed by atoms with Gasteiger partial charge in [-0.3, -0.25) is 9.59 Å². The number of unbranched alkanes of at least 4 members (excludes halogenated alkanes) is 2. The van der Waals surface area contributed by atoms with Crippen LogP contribution in [-0.2, 0) is 9.59 Å². The van der Waals surface area contributed by atoms with E-state index >= 15 is 0 Å². The van der Waals surface area contributed by atoms with Gasteiger partial charge in [0.05, 0.1) is 6.04 Å². The van der Waals surface area contributed by atoms with Gasteiger partial charge in [0.1, 0.15) is 0 Å². The predicted molar refractivity (Wildman–Crippen MR) is 108 cm³/mol. The third-order valence-electron chi connectivity index (χ3n) is 5.31. The Morgan fingerprint density at radius 2 is 1.86 bits per heavy atom. The predicted octanol–water partition coefficient (Wildman–Crippen LogP) is -0.0616. The first-order valence-corrected chi connectivity index (χ1v) is 10.5. The SMILES string of the molecule is NC(=NCCCCCC(=O)N[C@@H]1CN[C@H](C(=O)NC2CCCCC2)C1)N[N+](=O)[O-]. The third-order valence-corrected chi connectivity index (χ3v) is 5.31. The number of hydrogen-bond acceptors (Lipinski definition) is 6. The fraction of sp³-hybridized carbons (Fsp3) is 0.833. The molecule has 0 unspecified atom stereocenters. The first-order chi connectivity index (χ1) is 13.9. The minimum absolute atomic E-state index is 0.0248. The van der Waals surface area contributed by atoms with Crippen molar-refractivity contribution in [1.29, 1.82) is 0 Å². The van der Waals surface area contributed by atoms with E-state index in [1.165, 1.54) is 19.3 Å². The molecule has 2 rings (SSSR count). The van der Waals surface area contributed by atoms with Crippen molar-refractivity contribution in [2.24, 2.45) is 10.7 Å². The monoisotopic (exact) mass is 411 g/mol. The highest BCUT2D eigenvalue weighted by molar-refractivity contribution is 5.83. The topological polar surface area (TPSA) is 164 Å². The van der Waals surface area contributed by atoms with Crippen LogP contribution in [0.5, 0.6) is 0 Å². The number of aliphatic imine (C=N–C) groups is 1. The minimum atomic E-state index is -0.759. The summed E-state index contributed by atoms with van der Waals surface area (Å²) in [6.07, 6.45) is 8.92. The van der Waals surface area contributed by atoms with Gasteiger partial charge in [-0.1, -0.05) is 31.1 Å². The fourth-order valence-electron chi connectivity index (χ4n) is 3.80. The molecule has 0 radical (unpaired) electrons. The Kier molecular flexibility index (Phi) is 9.62. The number of guanidine groups is 1. The number of amides is 2. The summed E-state index contributed by atoms with van der Waals surface area (Å²) in [4.78, 5) is 38.5. The van der Waals surface area contributed by atoms with Gasteiger partial charge in [0.2, 0.25) is 11.8 Å². The molecule has 0 aromatic heterocycles. The van der Waals surface area contributed by atoms with E-state index in [2.05, 4.69) is 20.9 Å². The number of nitrogens with one attached hydrogen (secondary N) is 4. The van der Waals surface area contributed by atoms with Crippen molar-refractivity contribution < 1.29 is 14.6 Å². The van der Waals surface area contributed by atoms with E-state index in [1.54, 1.807) is 5.43 Å². The second kappa shape index (κ2) is 12.2. The molecule has 2 atom stereocenters. The van der Waals surface area contributed by atoms with Crippen LogP contribution in [0.3, 0.4) is 0 Å². The molecule has 0 aromatic rings. The molecule has 164 valence electrons. The summed E-state index contributed by atoms with van der Waals surface area (Å²) in [5.41, 5.74) is 7.09. The molecule has 2 aliphatic rings. The normalized spacial score (nSPS) is 22.8. The van der Waals surface area contributed by atoms with Crippen LogP contribution in [0.1, 0.15) is 64.2 Å². The van der Waals surface area contributed by atoms with Crippen molar-refractivity contribution in [2.75, 3.05) is 13.1 Å². The molecule has 2 fully saturated rings. The van der Waals surface area contributed by atoms with Crippen LogP contribution in [0.4, 0.5) is 0 Å². The number of rotatable bonds is 10. The van der Waals surface area contributed by atoms with Crippen LogP contribution in [-0.4, -0.2) is 54.0 Å². The van der Waals surface area contributed by atoms with E-state index < -0.39 is 5.03 Å². The molecule has 11 nitrogen and oxygen atoms in total. The molecule has 1 saturated heterocycles. The summed E-state index contributed by atoms with van der Waals surface area (Å²) in [6.45, 7) is 0.977. The standard InChI is InChI=1S/C18H33N7O4/c19-18(24-25(28)29)20-10-6-2-5-9-16(26)22-14-11-15(21-12-14)17(27)23-13-7-3-1-4-8-13/h13-15,21H,1-12H2,(H,22,26)(H,23,27)(H3,19,20,24)/t14-,15-/m0/s1. The molecule has 1 aliphatic heterocycles. The Morgan fingerprint density at radius 3 is 2.59 bits per heavy atom. The second-order valence-electron chi connectivity index (χ2n) is 7.75. The zero-order valence-electron chi connectivity index (χ0n) is 16.8. The van der Waals surface area contributed by atoms with Crippen LogP contribution in [0.2, 0.25) is 0 Å². The van der Waals surface area contributed by atoms with Crippen molar-refractivity contribution in [1.82, 2.24) is 21.4 Å². The highest BCUT2D eigenvalue weighted by Gasteiger charge is 2.31. The second-order valence-corrected chi connectivity index (χ2v) is 7.75. The summed E-state index contributed by atoms with van der Waals surface area (Å²) in [7, 11) is 0. The Bertz CT molecular complexity index is 593. The maximum Gasteiger partial charge on any atom is 0.251 e. The van der Waals surface area contributed by atoms with E-state index in [9.17, 15) is 19.7 Å². The molecular weight excluding hydrogens is 378 g/mol. The number of nitrogens with two attached hydrogens (primary N) is 1. The molecule has 1 heterocycles. The number of nitro groups is 1. The number of nitrogens with zero attached hydrogens (tertiary/aromatic N) is 2. The molecule has 2 amide bonds.